The summed E-state index contributed by atoms with van der Waals surface area (Å²) < 4.78 is 0. The molecule has 0 saturated carbocycles. The third kappa shape index (κ3) is 3.13. The number of nitrogens with zero attached hydrogens (tertiary/aromatic N) is 2. The van der Waals surface area contributed by atoms with Gasteiger partial charge in [0.15, 0.2) is 0 Å². The Hall–Kier alpha value is -2.15. The second-order valence-electron chi connectivity index (χ2n) is 5.37. The number of benzene rings is 1. The van der Waals surface area contributed by atoms with Gasteiger partial charge in [0.2, 0.25) is 0 Å². The minimum Gasteiger partial charge on any atom is -0.363 e. The lowest BCUT2D eigenvalue weighted by Gasteiger charge is -2.37. The fourth-order valence-corrected chi connectivity index (χ4v) is 2.76. The van der Waals surface area contributed by atoms with E-state index in [1.165, 1.54) is 19.2 Å². The molecule has 114 valence electrons. The highest BCUT2D eigenvalue weighted by atomic mass is 16.6. The molecule has 3 N–H and O–H groups in total. The molecule has 1 amide bonds. The van der Waals surface area contributed by atoms with Crippen LogP contribution in [-0.4, -0.2) is 36.5 Å². The van der Waals surface area contributed by atoms with Crippen LogP contribution in [0.2, 0.25) is 0 Å². The second kappa shape index (κ2) is 6.09. The van der Waals surface area contributed by atoms with Crippen molar-refractivity contribution in [1.82, 2.24) is 5.32 Å². The zero-order valence-corrected chi connectivity index (χ0v) is 12.2. The Kier molecular flexibility index (Phi) is 4.42. The molecule has 1 fully saturated rings. The van der Waals surface area contributed by atoms with Crippen molar-refractivity contribution in [2.24, 2.45) is 5.73 Å². The van der Waals surface area contributed by atoms with Crippen LogP contribution < -0.4 is 16.0 Å². The Morgan fingerprint density at radius 3 is 2.81 bits per heavy atom. The molecule has 0 bridgehead atoms. The number of hydrogen-bond donors (Lipinski definition) is 2. The van der Waals surface area contributed by atoms with Crippen LogP contribution in [0.25, 0.3) is 0 Å². The monoisotopic (exact) mass is 292 g/mol. The summed E-state index contributed by atoms with van der Waals surface area (Å²) in [5.41, 5.74) is 6.86. The van der Waals surface area contributed by atoms with Crippen molar-refractivity contribution in [3.8, 4) is 0 Å². The van der Waals surface area contributed by atoms with Crippen molar-refractivity contribution in [2.45, 2.75) is 31.8 Å². The van der Waals surface area contributed by atoms with E-state index in [9.17, 15) is 14.9 Å². The standard InChI is InChI=1S/C14H20N4O3/c1-9-7-11(15)5-6-17(9)13-8-10(14(19)16-2)3-4-12(13)18(20)21/h3-4,8-9,11H,5-7,15H2,1-2H3,(H,16,19). The van der Waals surface area contributed by atoms with Crippen molar-refractivity contribution in [1.29, 1.82) is 0 Å². The van der Waals surface area contributed by atoms with Gasteiger partial charge in [0.25, 0.3) is 11.6 Å². The molecule has 2 rings (SSSR count). The number of nitro benzene ring substituents is 1. The lowest BCUT2D eigenvalue weighted by atomic mass is 9.97. The van der Waals surface area contributed by atoms with Crippen LogP contribution in [0.1, 0.15) is 30.1 Å². The van der Waals surface area contributed by atoms with Crippen molar-refractivity contribution in [3.05, 3.63) is 33.9 Å². The van der Waals surface area contributed by atoms with Gasteiger partial charge in [-0.3, -0.25) is 14.9 Å². The molecule has 0 aromatic heterocycles. The molecule has 7 nitrogen and oxygen atoms in total. The van der Waals surface area contributed by atoms with Crippen molar-refractivity contribution in [2.75, 3.05) is 18.5 Å². The predicted octanol–water partition coefficient (Wildman–Crippen LogP) is 1.27. The zero-order chi connectivity index (χ0) is 15.6. The van der Waals surface area contributed by atoms with E-state index in [-0.39, 0.29) is 23.7 Å². The molecular formula is C14H20N4O3. The van der Waals surface area contributed by atoms with Gasteiger partial charge in [-0.15, -0.1) is 0 Å². The van der Waals surface area contributed by atoms with Crippen molar-refractivity contribution >= 4 is 17.3 Å². The third-order valence-corrected chi connectivity index (χ3v) is 3.89. The molecule has 1 saturated heterocycles. The van der Waals surface area contributed by atoms with Crippen molar-refractivity contribution < 1.29 is 9.72 Å². The number of nitro groups is 1. The normalized spacial score (nSPS) is 22.0. The molecule has 1 aromatic rings. The van der Waals surface area contributed by atoms with Crippen LogP contribution in [0.4, 0.5) is 11.4 Å². The first-order valence-corrected chi connectivity index (χ1v) is 6.96. The van der Waals surface area contributed by atoms with Gasteiger partial charge in [0.1, 0.15) is 5.69 Å². The number of hydrogen-bond acceptors (Lipinski definition) is 5. The van der Waals surface area contributed by atoms with Crippen molar-refractivity contribution in [3.63, 3.8) is 0 Å². The first kappa shape index (κ1) is 15.2. The third-order valence-electron chi connectivity index (χ3n) is 3.89. The van der Waals surface area contributed by atoms with E-state index in [1.807, 2.05) is 11.8 Å². The fraction of sp³-hybridized carbons (Fsp3) is 0.500. The van der Waals surface area contributed by atoms with Gasteiger partial charge >= 0.3 is 0 Å². The van der Waals surface area contributed by atoms with Crippen LogP contribution in [0.5, 0.6) is 0 Å². The Morgan fingerprint density at radius 1 is 1.52 bits per heavy atom. The van der Waals surface area contributed by atoms with E-state index >= 15 is 0 Å². The maximum atomic E-state index is 11.7. The van der Waals surface area contributed by atoms with Crippen LogP contribution in [-0.2, 0) is 0 Å². The highest BCUT2D eigenvalue weighted by molar-refractivity contribution is 5.95. The number of rotatable bonds is 3. The SMILES string of the molecule is CNC(=O)c1ccc([N+](=O)[O-])c(N2CCC(N)CC2C)c1. The first-order chi connectivity index (χ1) is 9.93. The Bertz CT molecular complexity index is 561. The Labute approximate surface area is 123 Å². The molecule has 0 radical (unpaired) electrons. The molecule has 0 aliphatic carbocycles. The number of carbonyl (C=O) groups excluding carboxylic acids is 1. The lowest BCUT2D eigenvalue weighted by molar-refractivity contribution is -0.384. The van der Waals surface area contributed by atoms with E-state index in [4.69, 9.17) is 5.73 Å². The largest absolute Gasteiger partial charge is 0.363 e. The van der Waals surface area contributed by atoms with Crippen LogP contribution in [0, 0.1) is 10.1 Å². The van der Waals surface area contributed by atoms with Gasteiger partial charge < -0.3 is 16.0 Å². The molecule has 2 atom stereocenters. The average molecular weight is 292 g/mol. The van der Waals surface area contributed by atoms with Gasteiger partial charge in [-0.1, -0.05) is 0 Å². The number of nitrogens with one attached hydrogen (secondary N) is 1. The number of piperidine rings is 1. The van der Waals surface area contributed by atoms with E-state index in [2.05, 4.69) is 5.32 Å². The van der Waals surface area contributed by atoms with E-state index in [0.717, 1.165) is 12.8 Å². The minimum atomic E-state index is -0.412. The first-order valence-electron chi connectivity index (χ1n) is 6.96. The Balaban J connectivity index is 2.43. The molecule has 21 heavy (non-hydrogen) atoms. The lowest BCUT2D eigenvalue weighted by Crippen LogP contribution is -2.45. The van der Waals surface area contributed by atoms with Gasteiger partial charge in [-0.05, 0) is 31.9 Å². The summed E-state index contributed by atoms with van der Waals surface area (Å²) in [4.78, 5) is 24.5. The van der Waals surface area contributed by atoms with E-state index in [0.29, 0.717) is 17.8 Å². The van der Waals surface area contributed by atoms with E-state index in [1.54, 1.807) is 6.07 Å². The fourth-order valence-electron chi connectivity index (χ4n) is 2.76. The molecule has 7 heteroatoms. The number of carbonyl (C=O) groups is 1. The summed E-state index contributed by atoms with van der Waals surface area (Å²) in [5, 5.41) is 13.8. The molecule has 0 spiro atoms. The summed E-state index contributed by atoms with van der Waals surface area (Å²) in [6.45, 7) is 2.65. The molecule has 1 aliphatic heterocycles. The minimum absolute atomic E-state index is 0.0185. The van der Waals surface area contributed by atoms with Crippen LogP contribution >= 0.6 is 0 Å². The summed E-state index contributed by atoms with van der Waals surface area (Å²) in [7, 11) is 1.53. The molecule has 1 heterocycles. The molecule has 2 unspecified atom stereocenters. The summed E-state index contributed by atoms with van der Waals surface area (Å²) in [6.07, 6.45) is 1.56. The van der Waals surface area contributed by atoms with Crippen LogP contribution in [0.3, 0.4) is 0 Å². The summed E-state index contributed by atoms with van der Waals surface area (Å²) in [6, 6.07) is 4.68. The quantitative estimate of drug-likeness (QED) is 0.645. The Morgan fingerprint density at radius 2 is 2.24 bits per heavy atom. The van der Waals surface area contributed by atoms with Gasteiger partial charge in [-0.2, -0.15) is 0 Å². The number of nitrogens with two attached hydrogens (primary N) is 1. The maximum Gasteiger partial charge on any atom is 0.292 e. The highest BCUT2D eigenvalue weighted by Gasteiger charge is 2.29. The molecule has 1 aromatic carbocycles. The smallest absolute Gasteiger partial charge is 0.292 e. The summed E-state index contributed by atoms with van der Waals surface area (Å²) >= 11 is 0. The van der Waals surface area contributed by atoms with Gasteiger partial charge in [0.05, 0.1) is 4.92 Å². The van der Waals surface area contributed by atoms with Gasteiger partial charge in [0, 0.05) is 37.3 Å². The zero-order valence-electron chi connectivity index (χ0n) is 12.2. The van der Waals surface area contributed by atoms with E-state index < -0.39 is 4.92 Å². The molecule has 1 aliphatic rings. The topological polar surface area (TPSA) is 101 Å². The maximum absolute atomic E-state index is 11.7. The van der Waals surface area contributed by atoms with Crippen LogP contribution in [0.15, 0.2) is 18.2 Å². The number of amides is 1. The second-order valence-corrected chi connectivity index (χ2v) is 5.37. The summed E-state index contributed by atoms with van der Waals surface area (Å²) in [5.74, 6) is -0.257. The predicted molar refractivity (Wildman–Crippen MR) is 80.5 cm³/mol. The molecular weight excluding hydrogens is 272 g/mol. The highest BCUT2D eigenvalue weighted by Crippen LogP contribution is 2.33. The van der Waals surface area contributed by atoms with Gasteiger partial charge in [-0.25, -0.2) is 0 Å². The average Bonchev–Trinajstić information content (AvgIpc) is 2.45. The number of anilines is 1.